The predicted octanol–water partition coefficient (Wildman–Crippen LogP) is 2.83. The number of nitrogens with zero attached hydrogens (tertiary/aromatic N) is 1. The van der Waals surface area contributed by atoms with Crippen molar-refractivity contribution in [1.82, 2.24) is 15.3 Å². The molecule has 0 saturated carbocycles. The summed E-state index contributed by atoms with van der Waals surface area (Å²) >= 11 is 0. The van der Waals surface area contributed by atoms with Crippen molar-refractivity contribution in [3.63, 3.8) is 0 Å². The first-order valence-electron chi connectivity index (χ1n) is 6.25. The van der Waals surface area contributed by atoms with E-state index in [1.807, 2.05) is 0 Å². The van der Waals surface area contributed by atoms with Crippen molar-refractivity contribution in [3.8, 4) is 0 Å². The third-order valence-corrected chi connectivity index (χ3v) is 3.85. The average molecular weight is 251 g/mol. The molecule has 1 saturated heterocycles. The smallest absolute Gasteiger partial charge is 0.186 e. The summed E-state index contributed by atoms with van der Waals surface area (Å²) in [6, 6.07) is 2.66. The molecule has 2 aromatic rings. The summed E-state index contributed by atoms with van der Waals surface area (Å²) in [7, 11) is 0. The molecule has 0 bridgehead atoms. The number of rotatable bonds is 2. The van der Waals surface area contributed by atoms with Gasteiger partial charge in [-0.2, -0.15) is 0 Å². The Balaban J connectivity index is 2.16. The molecule has 5 heteroatoms. The molecule has 1 atom stereocenters. The lowest BCUT2D eigenvalue weighted by atomic mass is 9.93. The van der Waals surface area contributed by atoms with Crippen LogP contribution in [0.25, 0.3) is 11.0 Å². The molecule has 0 radical (unpaired) electrons. The maximum Gasteiger partial charge on any atom is 0.186 e. The molecule has 0 aliphatic carbocycles. The van der Waals surface area contributed by atoms with Gasteiger partial charge in [0.15, 0.2) is 11.6 Å². The second-order valence-corrected chi connectivity index (χ2v) is 4.81. The number of imidazole rings is 1. The third kappa shape index (κ3) is 1.54. The van der Waals surface area contributed by atoms with Crippen molar-refractivity contribution in [2.24, 2.45) is 0 Å². The van der Waals surface area contributed by atoms with Crippen LogP contribution in [0.5, 0.6) is 0 Å². The Bertz CT molecular complexity index is 585. The SMILES string of the molecule is CCC1(c2nc3c(F)c(F)ccc3[nH]2)CCCN1. The molecule has 1 aliphatic heterocycles. The number of H-pyrrole nitrogens is 1. The van der Waals surface area contributed by atoms with E-state index in [9.17, 15) is 8.78 Å². The fourth-order valence-corrected chi connectivity index (χ4v) is 2.72. The topological polar surface area (TPSA) is 40.7 Å². The molecule has 1 unspecified atom stereocenters. The maximum atomic E-state index is 13.6. The Kier molecular flexibility index (Phi) is 2.59. The molecule has 18 heavy (non-hydrogen) atoms. The molecule has 2 heterocycles. The van der Waals surface area contributed by atoms with Gasteiger partial charge in [0.25, 0.3) is 0 Å². The zero-order valence-electron chi connectivity index (χ0n) is 10.2. The van der Waals surface area contributed by atoms with E-state index in [4.69, 9.17) is 0 Å². The fourth-order valence-electron chi connectivity index (χ4n) is 2.72. The number of fused-ring (bicyclic) bond motifs is 1. The monoisotopic (exact) mass is 251 g/mol. The van der Waals surface area contributed by atoms with Crippen LogP contribution in [0.15, 0.2) is 12.1 Å². The van der Waals surface area contributed by atoms with E-state index in [0.29, 0.717) is 11.3 Å². The number of benzene rings is 1. The number of hydrogen-bond donors (Lipinski definition) is 2. The summed E-state index contributed by atoms with van der Waals surface area (Å²) in [5, 5.41) is 3.42. The van der Waals surface area contributed by atoms with Crippen LogP contribution in [-0.4, -0.2) is 16.5 Å². The highest BCUT2D eigenvalue weighted by Crippen LogP contribution is 2.33. The van der Waals surface area contributed by atoms with E-state index in [1.54, 1.807) is 0 Å². The Morgan fingerprint density at radius 3 is 2.89 bits per heavy atom. The fraction of sp³-hybridized carbons (Fsp3) is 0.462. The lowest BCUT2D eigenvalue weighted by Crippen LogP contribution is -2.37. The van der Waals surface area contributed by atoms with Crippen molar-refractivity contribution in [3.05, 3.63) is 29.6 Å². The molecule has 1 fully saturated rings. The molecule has 0 amide bonds. The van der Waals surface area contributed by atoms with Gasteiger partial charge in [-0.05, 0) is 37.9 Å². The van der Waals surface area contributed by atoms with Gasteiger partial charge in [0.2, 0.25) is 0 Å². The summed E-state index contributed by atoms with van der Waals surface area (Å²) in [6.45, 7) is 3.00. The molecule has 1 aromatic heterocycles. The normalized spacial score (nSPS) is 23.9. The van der Waals surface area contributed by atoms with Gasteiger partial charge in [0.1, 0.15) is 11.3 Å². The van der Waals surface area contributed by atoms with E-state index in [2.05, 4.69) is 22.2 Å². The van der Waals surface area contributed by atoms with Gasteiger partial charge in [0, 0.05) is 0 Å². The van der Waals surface area contributed by atoms with E-state index in [-0.39, 0.29) is 11.1 Å². The van der Waals surface area contributed by atoms with Gasteiger partial charge >= 0.3 is 0 Å². The number of halogens is 2. The van der Waals surface area contributed by atoms with E-state index in [1.165, 1.54) is 6.07 Å². The first-order valence-corrected chi connectivity index (χ1v) is 6.25. The first kappa shape index (κ1) is 11.6. The number of aromatic nitrogens is 2. The standard InChI is InChI=1S/C13H15F2N3/c1-2-13(6-3-7-16-13)12-17-9-5-4-8(14)10(15)11(9)18-12/h4-5,16H,2-3,6-7H2,1H3,(H,17,18). The molecule has 1 aliphatic rings. The van der Waals surface area contributed by atoms with E-state index >= 15 is 0 Å². The minimum atomic E-state index is -0.876. The van der Waals surface area contributed by atoms with Crippen LogP contribution >= 0.6 is 0 Å². The van der Waals surface area contributed by atoms with E-state index in [0.717, 1.165) is 31.9 Å². The molecule has 3 nitrogen and oxygen atoms in total. The maximum absolute atomic E-state index is 13.6. The lowest BCUT2D eigenvalue weighted by Gasteiger charge is -2.25. The summed E-state index contributed by atoms with van der Waals surface area (Å²) in [5.74, 6) is -1.02. The van der Waals surface area contributed by atoms with Crippen LogP contribution in [0.1, 0.15) is 32.0 Å². The molecule has 96 valence electrons. The van der Waals surface area contributed by atoms with Crippen LogP contribution in [0, 0.1) is 11.6 Å². The third-order valence-electron chi connectivity index (χ3n) is 3.85. The zero-order valence-corrected chi connectivity index (χ0v) is 10.2. The number of hydrogen-bond acceptors (Lipinski definition) is 2. The van der Waals surface area contributed by atoms with Crippen molar-refractivity contribution in [1.29, 1.82) is 0 Å². The molecule has 0 spiro atoms. The molecular formula is C13H15F2N3. The summed E-state index contributed by atoms with van der Waals surface area (Å²) in [6.07, 6.45) is 2.91. The largest absolute Gasteiger partial charge is 0.340 e. The Labute approximate surface area is 104 Å². The van der Waals surface area contributed by atoms with Gasteiger partial charge in [-0.3, -0.25) is 0 Å². The highest BCUT2D eigenvalue weighted by molar-refractivity contribution is 5.76. The minimum Gasteiger partial charge on any atom is -0.340 e. The lowest BCUT2D eigenvalue weighted by molar-refractivity contribution is 0.356. The summed E-state index contributed by atoms with van der Waals surface area (Å²) in [5.41, 5.74) is 0.416. The van der Waals surface area contributed by atoms with Crippen LogP contribution in [0.4, 0.5) is 8.78 Å². The first-order chi connectivity index (χ1) is 8.66. The second kappa shape index (κ2) is 4.02. The van der Waals surface area contributed by atoms with Crippen LogP contribution in [0.3, 0.4) is 0 Å². The van der Waals surface area contributed by atoms with Gasteiger partial charge in [-0.1, -0.05) is 6.92 Å². The van der Waals surface area contributed by atoms with Crippen molar-refractivity contribution in [2.75, 3.05) is 6.54 Å². The molecule has 3 rings (SSSR count). The molecular weight excluding hydrogens is 236 g/mol. The van der Waals surface area contributed by atoms with Crippen LogP contribution in [-0.2, 0) is 5.54 Å². The van der Waals surface area contributed by atoms with Gasteiger partial charge in [-0.25, -0.2) is 13.8 Å². The van der Waals surface area contributed by atoms with Gasteiger partial charge < -0.3 is 10.3 Å². The van der Waals surface area contributed by atoms with Crippen LogP contribution in [0.2, 0.25) is 0 Å². The van der Waals surface area contributed by atoms with Crippen molar-refractivity contribution >= 4 is 11.0 Å². The average Bonchev–Trinajstić information content (AvgIpc) is 3.01. The Morgan fingerprint density at radius 1 is 1.39 bits per heavy atom. The summed E-state index contributed by atoms with van der Waals surface area (Å²) in [4.78, 5) is 7.38. The quantitative estimate of drug-likeness (QED) is 0.861. The predicted molar refractivity (Wildman–Crippen MR) is 65.2 cm³/mol. The highest BCUT2D eigenvalue weighted by atomic mass is 19.2. The minimum absolute atomic E-state index is 0.0894. The van der Waals surface area contributed by atoms with E-state index < -0.39 is 11.6 Å². The molecule has 1 aromatic carbocycles. The van der Waals surface area contributed by atoms with Crippen molar-refractivity contribution < 1.29 is 8.78 Å². The zero-order chi connectivity index (χ0) is 12.8. The Morgan fingerprint density at radius 2 is 2.22 bits per heavy atom. The highest BCUT2D eigenvalue weighted by Gasteiger charge is 2.36. The second-order valence-electron chi connectivity index (χ2n) is 4.81. The number of aromatic amines is 1. The van der Waals surface area contributed by atoms with Gasteiger partial charge in [-0.15, -0.1) is 0 Å². The van der Waals surface area contributed by atoms with Crippen molar-refractivity contribution in [2.45, 2.75) is 31.7 Å². The number of nitrogens with one attached hydrogen (secondary N) is 2. The van der Waals surface area contributed by atoms with Gasteiger partial charge in [0.05, 0.1) is 11.1 Å². The molecule has 2 N–H and O–H groups in total. The van der Waals surface area contributed by atoms with Crippen LogP contribution < -0.4 is 5.32 Å². The summed E-state index contributed by atoms with van der Waals surface area (Å²) < 4.78 is 26.8. The Hall–Kier alpha value is -1.49.